The molecule has 0 aliphatic carbocycles. The van der Waals surface area contributed by atoms with E-state index in [1.54, 1.807) is 30.3 Å². The van der Waals surface area contributed by atoms with Crippen molar-refractivity contribution in [3.05, 3.63) is 75.3 Å². The lowest BCUT2D eigenvalue weighted by atomic mass is 9.91. The van der Waals surface area contributed by atoms with E-state index < -0.39 is 16.8 Å². The van der Waals surface area contributed by atoms with E-state index in [1.807, 2.05) is 19.1 Å². The van der Waals surface area contributed by atoms with Gasteiger partial charge in [0, 0.05) is 11.6 Å². The van der Waals surface area contributed by atoms with Crippen LogP contribution in [0.3, 0.4) is 0 Å². The number of aliphatic carboxylic acids is 1. The van der Waals surface area contributed by atoms with E-state index in [0.717, 1.165) is 5.56 Å². The highest BCUT2D eigenvalue weighted by molar-refractivity contribution is 5.76. The molecule has 0 spiro atoms. The van der Waals surface area contributed by atoms with Crippen molar-refractivity contribution in [1.82, 2.24) is 0 Å². The minimum atomic E-state index is -0.989. The Labute approximate surface area is 122 Å². The maximum Gasteiger partial charge on any atom is 0.311 e. The predicted octanol–water partition coefficient (Wildman–Crippen LogP) is 3.31. The number of hydrogen-bond acceptors (Lipinski definition) is 3. The van der Waals surface area contributed by atoms with Crippen molar-refractivity contribution in [3.8, 4) is 0 Å². The van der Waals surface area contributed by atoms with Gasteiger partial charge in [-0.3, -0.25) is 14.9 Å². The Morgan fingerprint density at radius 1 is 1.19 bits per heavy atom. The Hall–Kier alpha value is -2.69. The molecule has 0 aromatic heterocycles. The monoisotopic (exact) mass is 285 g/mol. The summed E-state index contributed by atoms with van der Waals surface area (Å²) in [6, 6.07) is 13.4. The number of para-hydroxylation sites is 1. The van der Waals surface area contributed by atoms with Crippen molar-refractivity contribution in [2.75, 3.05) is 0 Å². The number of carbonyl (C=O) groups is 1. The van der Waals surface area contributed by atoms with Crippen LogP contribution in [-0.4, -0.2) is 16.0 Å². The fraction of sp³-hybridized carbons (Fsp3) is 0.188. The van der Waals surface area contributed by atoms with E-state index in [0.29, 0.717) is 11.1 Å². The fourth-order valence-corrected chi connectivity index (χ4v) is 2.23. The van der Waals surface area contributed by atoms with Gasteiger partial charge in [0.1, 0.15) is 0 Å². The third-order valence-electron chi connectivity index (χ3n) is 3.39. The zero-order chi connectivity index (χ0) is 15.4. The fourth-order valence-electron chi connectivity index (χ4n) is 2.23. The smallest absolute Gasteiger partial charge is 0.311 e. The van der Waals surface area contributed by atoms with Crippen molar-refractivity contribution in [3.63, 3.8) is 0 Å². The van der Waals surface area contributed by atoms with Gasteiger partial charge in [0.25, 0.3) is 5.69 Å². The molecule has 2 aromatic carbocycles. The Morgan fingerprint density at radius 3 is 2.38 bits per heavy atom. The summed E-state index contributed by atoms with van der Waals surface area (Å²) in [5.74, 6) is -1.79. The maximum atomic E-state index is 11.5. The third-order valence-corrected chi connectivity index (χ3v) is 3.39. The summed E-state index contributed by atoms with van der Waals surface area (Å²) < 4.78 is 0. The van der Waals surface area contributed by atoms with Gasteiger partial charge in [-0.25, -0.2) is 0 Å². The highest BCUT2D eigenvalue weighted by Gasteiger charge is 2.24. The maximum absolute atomic E-state index is 11.5. The van der Waals surface area contributed by atoms with Gasteiger partial charge in [-0.15, -0.1) is 0 Å². The Bertz CT molecular complexity index is 664. The standard InChI is InChI=1S/C16H15NO4/c1-11-6-8-12(9-7-11)14(16(18)19)10-13-4-2-3-5-15(13)17(20)21/h2-9,14H,10H2,1H3,(H,18,19). The molecular formula is C16H15NO4. The molecule has 0 saturated heterocycles. The molecule has 0 amide bonds. The van der Waals surface area contributed by atoms with Gasteiger partial charge in [-0.05, 0) is 18.9 Å². The Balaban J connectivity index is 2.35. The number of nitrogens with zero attached hydrogens (tertiary/aromatic N) is 1. The van der Waals surface area contributed by atoms with Crippen molar-refractivity contribution in [1.29, 1.82) is 0 Å². The number of rotatable bonds is 5. The normalized spacial score (nSPS) is 11.9. The molecule has 21 heavy (non-hydrogen) atoms. The lowest BCUT2D eigenvalue weighted by molar-refractivity contribution is -0.385. The van der Waals surface area contributed by atoms with E-state index >= 15 is 0 Å². The molecule has 5 heteroatoms. The number of hydrogen-bond donors (Lipinski definition) is 1. The number of benzene rings is 2. The minimum absolute atomic E-state index is 0.0455. The van der Waals surface area contributed by atoms with Crippen LogP contribution in [0.2, 0.25) is 0 Å². The lowest BCUT2D eigenvalue weighted by Gasteiger charge is -2.13. The average molecular weight is 285 g/mol. The first-order chi connectivity index (χ1) is 9.99. The highest BCUT2D eigenvalue weighted by atomic mass is 16.6. The molecule has 5 nitrogen and oxygen atoms in total. The Kier molecular flexibility index (Phi) is 4.33. The van der Waals surface area contributed by atoms with E-state index in [1.165, 1.54) is 6.07 Å². The van der Waals surface area contributed by atoms with Crippen molar-refractivity contribution in [2.24, 2.45) is 0 Å². The van der Waals surface area contributed by atoms with Crippen LogP contribution >= 0.6 is 0 Å². The molecule has 2 rings (SSSR count). The molecule has 0 saturated carbocycles. The van der Waals surface area contributed by atoms with Crippen LogP contribution in [0.15, 0.2) is 48.5 Å². The van der Waals surface area contributed by atoms with E-state index in [4.69, 9.17) is 0 Å². The molecule has 108 valence electrons. The Morgan fingerprint density at radius 2 is 1.81 bits per heavy atom. The summed E-state index contributed by atoms with van der Waals surface area (Å²) in [4.78, 5) is 22.0. The molecule has 0 aliphatic rings. The van der Waals surface area contributed by atoms with Crippen LogP contribution in [0.25, 0.3) is 0 Å². The van der Waals surface area contributed by atoms with E-state index in [9.17, 15) is 20.0 Å². The molecule has 0 aliphatic heterocycles. The third kappa shape index (κ3) is 3.45. The van der Waals surface area contributed by atoms with Gasteiger partial charge < -0.3 is 5.11 Å². The number of carboxylic acid groups (broad SMARTS) is 1. The van der Waals surface area contributed by atoms with Gasteiger partial charge in [0.05, 0.1) is 10.8 Å². The van der Waals surface area contributed by atoms with Gasteiger partial charge in [-0.2, -0.15) is 0 Å². The molecule has 1 atom stereocenters. The van der Waals surface area contributed by atoms with Crippen LogP contribution in [0.1, 0.15) is 22.6 Å². The topological polar surface area (TPSA) is 80.4 Å². The number of nitro groups is 1. The van der Waals surface area contributed by atoms with Gasteiger partial charge in [0.15, 0.2) is 0 Å². The second-order valence-electron chi connectivity index (χ2n) is 4.89. The molecule has 1 unspecified atom stereocenters. The summed E-state index contributed by atoms with van der Waals surface area (Å²) in [5.41, 5.74) is 2.06. The molecule has 2 aromatic rings. The van der Waals surface area contributed by atoms with Crippen molar-refractivity contribution >= 4 is 11.7 Å². The molecule has 0 radical (unpaired) electrons. The zero-order valence-corrected chi connectivity index (χ0v) is 11.5. The number of carboxylic acids is 1. The highest BCUT2D eigenvalue weighted by Crippen LogP contribution is 2.27. The van der Waals surface area contributed by atoms with Gasteiger partial charge >= 0.3 is 5.97 Å². The summed E-state index contributed by atoms with van der Waals surface area (Å²) in [5, 5.41) is 20.4. The van der Waals surface area contributed by atoms with Crippen molar-refractivity contribution in [2.45, 2.75) is 19.3 Å². The predicted molar refractivity (Wildman–Crippen MR) is 78.4 cm³/mol. The first-order valence-electron chi connectivity index (χ1n) is 6.50. The van der Waals surface area contributed by atoms with Gasteiger partial charge in [-0.1, -0.05) is 48.0 Å². The SMILES string of the molecule is Cc1ccc(C(Cc2ccccc2[N+](=O)[O-])C(=O)O)cc1. The van der Waals surface area contributed by atoms with Crippen molar-refractivity contribution < 1.29 is 14.8 Å². The molecule has 0 fully saturated rings. The summed E-state index contributed by atoms with van der Waals surface area (Å²) in [6.07, 6.45) is 0.0928. The average Bonchev–Trinajstić information content (AvgIpc) is 2.46. The molecule has 0 heterocycles. The second-order valence-corrected chi connectivity index (χ2v) is 4.89. The summed E-state index contributed by atoms with van der Waals surface area (Å²) in [7, 11) is 0. The molecular weight excluding hydrogens is 270 g/mol. The first-order valence-corrected chi connectivity index (χ1v) is 6.50. The van der Waals surface area contributed by atoms with Crippen LogP contribution < -0.4 is 0 Å². The largest absolute Gasteiger partial charge is 0.481 e. The van der Waals surface area contributed by atoms with Gasteiger partial charge in [0.2, 0.25) is 0 Å². The lowest BCUT2D eigenvalue weighted by Crippen LogP contribution is -2.15. The number of aryl methyl sites for hydroxylation is 1. The first kappa shape index (κ1) is 14.7. The van der Waals surface area contributed by atoms with Crippen LogP contribution in [0.4, 0.5) is 5.69 Å². The summed E-state index contributed by atoms with van der Waals surface area (Å²) in [6.45, 7) is 1.92. The number of nitro benzene ring substituents is 1. The molecule has 0 bridgehead atoms. The quantitative estimate of drug-likeness (QED) is 0.675. The van der Waals surface area contributed by atoms with E-state index in [-0.39, 0.29) is 12.1 Å². The minimum Gasteiger partial charge on any atom is -0.481 e. The van der Waals surface area contributed by atoms with Crippen LogP contribution in [0, 0.1) is 17.0 Å². The second kappa shape index (κ2) is 6.17. The zero-order valence-electron chi connectivity index (χ0n) is 11.5. The summed E-state index contributed by atoms with van der Waals surface area (Å²) >= 11 is 0. The van der Waals surface area contributed by atoms with Crippen LogP contribution in [-0.2, 0) is 11.2 Å². The van der Waals surface area contributed by atoms with E-state index in [2.05, 4.69) is 0 Å². The van der Waals surface area contributed by atoms with Crippen LogP contribution in [0.5, 0.6) is 0 Å². The molecule has 1 N–H and O–H groups in total.